The fraction of sp³-hybridized carbons (Fsp3) is 0.333. The van der Waals surface area contributed by atoms with Crippen LogP contribution in [0.2, 0.25) is 10.0 Å². The SMILES string of the molecule is CC[C@@H](C)NC(=O)[C@@H](C)N(Cc1c(Cl)cccc1Cl)C(=O)CN(c1cc(C)ccc1OC)S(=O)(=O)c1ccccc1. The van der Waals surface area contributed by atoms with E-state index in [9.17, 15) is 18.0 Å². The molecule has 0 saturated heterocycles. The third kappa shape index (κ3) is 7.72. The van der Waals surface area contributed by atoms with E-state index in [1.807, 2.05) is 20.8 Å². The summed E-state index contributed by atoms with van der Waals surface area (Å²) in [4.78, 5) is 28.6. The van der Waals surface area contributed by atoms with E-state index in [1.54, 1.807) is 61.5 Å². The first-order chi connectivity index (χ1) is 19.4. The molecular formula is C30H35Cl2N3O5S. The number of hydrogen-bond acceptors (Lipinski definition) is 5. The zero-order valence-electron chi connectivity index (χ0n) is 23.7. The van der Waals surface area contributed by atoms with Gasteiger partial charge in [0.2, 0.25) is 11.8 Å². The Morgan fingerprint density at radius 3 is 2.20 bits per heavy atom. The molecule has 0 heterocycles. The number of amides is 2. The molecule has 0 bridgehead atoms. The van der Waals surface area contributed by atoms with Crippen molar-refractivity contribution in [3.63, 3.8) is 0 Å². The van der Waals surface area contributed by atoms with Crippen molar-refractivity contribution in [2.75, 3.05) is 18.0 Å². The molecule has 220 valence electrons. The number of rotatable bonds is 12. The minimum Gasteiger partial charge on any atom is -0.495 e. The fourth-order valence-corrected chi connectivity index (χ4v) is 6.08. The number of ether oxygens (including phenoxy) is 1. The summed E-state index contributed by atoms with van der Waals surface area (Å²) in [5.41, 5.74) is 1.40. The molecule has 3 rings (SSSR count). The molecule has 0 spiro atoms. The smallest absolute Gasteiger partial charge is 0.264 e. The molecule has 0 radical (unpaired) electrons. The maximum atomic E-state index is 14.1. The quantitative estimate of drug-likeness (QED) is 0.275. The Morgan fingerprint density at radius 1 is 0.976 bits per heavy atom. The molecular weight excluding hydrogens is 585 g/mol. The first-order valence-corrected chi connectivity index (χ1v) is 15.3. The van der Waals surface area contributed by atoms with Crippen molar-refractivity contribution >= 4 is 50.7 Å². The molecule has 0 unspecified atom stereocenters. The zero-order chi connectivity index (χ0) is 30.3. The first-order valence-electron chi connectivity index (χ1n) is 13.2. The molecule has 8 nitrogen and oxygen atoms in total. The van der Waals surface area contributed by atoms with Gasteiger partial charge in [-0.25, -0.2) is 8.42 Å². The Hall–Kier alpha value is -3.27. The lowest BCUT2D eigenvalue weighted by Crippen LogP contribution is -2.52. The van der Waals surface area contributed by atoms with Crippen molar-refractivity contribution in [2.45, 2.75) is 57.6 Å². The van der Waals surface area contributed by atoms with Gasteiger partial charge in [-0.3, -0.25) is 13.9 Å². The summed E-state index contributed by atoms with van der Waals surface area (Å²) in [6.07, 6.45) is 0.693. The minimum atomic E-state index is -4.24. The number of hydrogen-bond donors (Lipinski definition) is 1. The zero-order valence-corrected chi connectivity index (χ0v) is 26.1. The molecule has 2 atom stereocenters. The highest BCUT2D eigenvalue weighted by Crippen LogP contribution is 2.34. The van der Waals surface area contributed by atoms with Crippen LogP contribution >= 0.6 is 23.2 Å². The number of aryl methyl sites for hydroxylation is 1. The highest BCUT2D eigenvalue weighted by molar-refractivity contribution is 7.92. The first kappa shape index (κ1) is 32.2. The second kappa shape index (κ2) is 14.1. The third-order valence-corrected chi connectivity index (χ3v) is 9.25. The Kier molecular flexibility index (Phi) is 11.1. The van der Waals surface area contributed by atoms with E-state index in [1.165, 1.54) is 24.1 Å². The van der Waals surface area contributed by atoms with E-state index in [2.05, 4.69) is 5.32 Å². The van der Waals surface area contributed by atoms with Crippen molar-refractivity contribution in [3.05, 3.63) is 87.9 Å². The summed E-state index contributed by atoms with van der Waals surface area (Å²) < 4.78 is 34.5. The van der Waals surface area contributed by atoms with Crippen molar-refractivity contribution in [1.29, 1.82) is 0 Å². The Bertz CT molecular complexity index is 1460. The molecule has 3 aromatic rings. The summed E-state index contributed by atoms with van der Waals surface area (Å²) >= 11 is 12.9. The van der Waals surface area contributed by atoms with E-state index in [0.29, 0.717) is 22.0 Å². The molecule has 0 fully saturated rings. The van der Waals surface area contributed by atoms with E-state index in [4.69, 9.17) is 27.9 Å². The maximum absolute atomic E-state index is 14.1. The lowest BCUT2D eigenvalue weighted by atomic mass is 10.1. The maximum Gasteiger partial charge on any atom is 0.264 e. The average Bonchev–Trinajstić information content (AvgIpc) is 2.95. The van der Waals surface area contributed by atoms with Gasteiger partial charge in [0, 0.05) is 28.2 Å². The summed E-state index contributed by atoms with van der Waals surface area (Å²) in [5.74, 6) is -0.747. The standard InChI is InChI=1S/C30H35Cl2N3O5S/c1-6-21(3)33-30(37)22(4)34(18-24-25(31)13-10-14-26(24)32)29(36)19-35(27-17-20(2)15-16-28(27)40-5)41(38,39)23-11-8-7-9-12-23/h7-17,21-22H,6,18-19H2,1-5H3,(H,33,37)/t21-,22-/m1/s1. The van der Waals surface area contributed by atoms with Gasteiger partial charge in [-0.1, -0.05) is 60.5 Å². The van der Waals surface area contributed by atoms with Crippen LogP contribution < -0.4 is 14.4 Å². The van der Waals surface area contributed by atoms with Crippen LogP contribution in [0, 0.1) is 6.92 Å². The van der Waals surface area contributed by atoms with Crippen LogP contribution in [-0.2, 0) is 26.2 Å². The van der Waals surface area contributed by atoms with Crippen LogP contribution in [0.5, 0.6) is 5.75 Å². The molecule has 2 amide bonds. The van der Waals surface area contributed by atoms with Gasteiger partial charge in [0.25, 0.3) is 10.0 Å². The summed E-state index contributed by atoms with van der Waals surface area (Å²) in [5, 5.41) is 3.53. The highest BCUT2D eigenvalue weighted by atomic mass is 35.5. The summed E-state index contributed by atoms with van der Waals surface area (Å²) in [7, 11) is -2.81. The van der Waals surface area contributed by atoms with Crippen LogP contribution in [0.1, 0.15) is 38.3 Å². The highest BCUT2D eigenvalue weighted by Gasteiger charge is 2.34. The predicted molar refractivity (Wildman–Crippen MR) is 163 cm³/mol. The Morgan fingerprint density at radius 2 is 1.61 bits per heavy atom. The minimum absolute atomic E-state index is 0.000352. The van der Waals surface area contributed by atoms with Gasteiger partial charge in [-0.05, 0) is 69.2 Å². The van der Waals surface area contributed by atoms with E-state index in [0.717, 1.165) is 9.87 Å². The van der Waals surface area contributed by atoms with Crippen molar-refractivity contribution < 1.29 is 22.7 Å². The average molecular weight is 621 g/mol. The number of nitrogens with zero attached hydrogens (tertiary/aromatic N) is 2. The number of halogens is 2. The molecule has 0 aliphatic carbocycles. The monoisotopic (exact) mass is 619 g/mol. The molecule has 0 aliphatic rings. The lowest BCUT2D eigenvalue weighted by molar-refractivity contribution is -0.139. The largest absolute Gasteiger partial charge is 0.495 e. The molecule has 41 heavy (non-hydrogen) atoms. The number of carbonyl (C=O) groups is 2. The van der Waals surface area contributed by atoms with Gasteiger partial charge in [0.1, 0.15) is 18.3 Å². The number of anilines is 1. The van der Waals surface area contributed by atoms with Gasteiger partial charge < -0.3 is 15.0 Å². The van der Waals surface area contributed by atoms with Crippen LogP contribution in [0.25, 0.3) is 0 Å². The molecule has 0 saturated carbocycles. The van der Waals surface area contributed by atoms with Gasteiger partial charge in [-0.2, -0.15) is 0 Å². The summed E-state index contributed by atoms with van der Waals surface area (Å²) in [6.45, 7) is 6.47. The van der Waals surface area contributed by atoms with Crippen LogP contribution in [0.4, 0.5) is 5.69 Å². The van der Waals surface area contributed by atoms with E-state index in [-0.39, 0.29) is 34.8 Å². The topological polar surface area (TPSA) is 96.0 Å². The Labute approximate surface area is 252 Å². The fourth-order valence-electron chi connectivity index (χ4n) is 4.13. The van der Waals surface area contributed by atoms with Crippen LogP contribution in [-0.4, -0.2) is 50.9 Å². The second-order valence-corrected chi connectivity index (χ2v) is 12.4. The molecule has 3 aromatic carbocycles. The van der Waals surface area contributed by atoms with Gasteiger partial charge in [0.05, 0.1) is 17.7 Å². The van der Waals surface area contributed by atoms with Crippen molar-refractivity contribution in [3.8, 4) is 5.75 Å². The number of benzene rings is 3. The number of methoxy groups -OCH3 is 1. The lowest BCUT2D eigenvalue weighted by Gasteiger charge is -2.33. The van der Waals surface area contributed by atoms with Crippen LogP contribution in [0.15, 0.2) is 71.6 Å². The van der Waals surface area contributed by atoms with E-state index >= 15 is 0 Å². The van der Waals surface area contributed by atoms with Crippen molar-refractivity contribution in [2.24, 2.45) is 0 Å². The van der Waals surface area contributed by atoms with Crippen LogP contribution in [0.3, 0.4) is 0 Å². The van der Waals surface area contributed by atoms with E-state index < -0.39 is 28.5 Å². The molecule has 0 aromatic heterocycles. The van der Waals surface area contributed by atoms with Gasteiger partial charge in [-0.15, -0.1) is 0 Å². The molecule has 0 aliphatic heterocycles. The predicted octanol–water partition coefficient (Wildman–Crippen LogP) is 5.84. The van der Waals surface area contributed by atoms with Gasteiger partial charge >= 0.3 is 0 Å². The molecule has 11 heteroatoms. The number of nitrogens with one attached hydrogen (secondary N) is 1. The third-order valence-electron chi connectivity index (χ3n) is 6.77. The normalized spacial score (nSPS) is 12.8. The number of sulfonamides is 1. The molecule has 1 N–H and O–H groups in total. The summed E-state index contributed by atoms with van der Waals surface area (Å²) in [6, 6.07) is 16.8. The second-order valence-electron chi connectivity index (χ2n) is 9.72. The number of carbonyl (C=O) groups excluding carboxylic acids is 2. The Balaban J connectivity index is 2.12. The van der Waals surface area contributed by atoms with Gasteiger partial charge in [0.15, 0.2) is 0 Å². The van der Waals surface area contributed by atoms with Crippen molar-refractivity contribution in [1.82, 2.24) is 10.2 Å².